The molecule has 1 unspecified atom stereocenters. The van der Waals surface area contributed by atoms with Gasteiger partial charge in [-0.15, -0.1) is 0 Å². The van der Waals surface area contributed by atoms with Crippen LogP contribution in [0.15, 0.2) is 18.2 Å². The van der Waals surface area contributed by atoms with E-state index in [1.54, 1.807) is 12.1 Å². The molecule has 29 heavy (non-hydrogen) atoms. The summed E-state index contributed by atoms with van der Waals surface area (Å²) in [5, 5.41) is 10.8. The summed E-state index contributed by atoms with van der Waals surface area (Å²) >= 11 is 0. The van der Waals surface area contributed by atoms with Gasteiger partial charge in [0.2, 0.25) is 11.8 Å². The predicted octanol–water partition coefficient (Wildman–Crippen LogP) is 1.50. The Morgan fingerprint density at radius 1 is 1.10 bits per heavy atom. The van der Waals surface area contributed by atoms with E-state index in [-0.39, 0.29) is 36.1 Å². The summed E-state index contributed by atoms with van der Waals surface area (Å²) in [5.74, 6) is -2.78. The van der Waals surface area contributed by atoms with E-state index in [2.05, 4.69) is 5.32 Å². The van der Waals surface area contributed by atoms with E-state index in [4.69, 9.17) is 9.84 Å². The van der Waals surface area contributed by atoms with Crippen LogP contribution in [0.5, 0.6) is 5.75 Å². The number of benzene rings is 1. The molecule has 154 valence electrons. The number of hydrogen-bond donors (Lipinski definition) is 2. The van der Waals surface area contributed by atoms with Crippen LogP contribution in [0.1, 0.15) is 65.7 Å². The minimum atomic E-state index is -1.01. The Balaban J connectivity index is 1.63. The molecule has 9 nitrogen and oxygen atoms in total. The molecule has 0 radical (unpaired) electrons. The molecule has 0 bridgehead atoms. The maximum atomic E-state index is 12.9. The number of fused-ring (bicyclic) bond motifs is 1. The number of nitrogens with zero attached hydrogens (tertiary/aromatic N) is 1. The summed E-state index contributed by atoms with van der Waals surface area (Å²) < 4.78 is 5.70. The van der Waals surface area contributed by atoms with Crippen molar-refractivity contribution < 1.29 is 33.8 Å². The molecule has 0 saturated carbocycles. The van der Waals surface area contributed by atoms with Crippen molar-refractivity contribution in [2.24, 2.45) is 0 Å². The number of carboxylic acids is 1. The van der Waals surface area contributed by atoms with Gasteiger partial charge in [-0.25, -0.2) is 0 Å². The molecule has 0 aliphatic carbocycles. The lowest BCUT2D eigenvalue weighted by Crippen LogP contribution is -2.54. The van der Waals surface area contributed by atoms with Gasteiger partial charge < -0.3 is 9.84 Å². The smallest absolute Gasteiger partial charge is 0.303 e. The number of carbonyl (C=O) groups excluding carboxylic acids is 4. The van der Waals surface area contributed by atoms with Crippen LogP contribution in [0, 0.1) is 0 Å². The molecule has 1 atom stereocenters. The van der Waals surface area contributed by atoms with Gasteiger partial charge in [0.25, 0.3) is 11.8 Å². The molecule has 0 aromatic heterocycles. The predicted molar refractivity (Wildman–Crippen MR) is 99.3 cm³/mol. The van der Waals surface area contributed by atoms with Crippen molar-refractivity contribution in [2.75, 3.05) is 6.61 Å². The lowest BCUT2D eigenvalue weighted by atomic mass is 10.0. The molecule has 1 saturated heterocycles. The third-order valence-corrected chi connectivity index (χ3v) is 4.97. The summed E-state index contributed by atoms with van der Waals surface area (Å²) in [7, 11) is 0. The maximum absolute atomic E-state index is 12.9. The number of hydrogen-bond acceptors (Lipinski definition) is 6. The zero-order valence-corrected chi connectivity index (χ0v) is 15.8. The van der Waals surface area contributed by atoms with E-state index in [0.29, 0.717) is 19.4 Å². The second kappa shape index (κ2) is 8.85. The molecule has 1 fully saturated rings. The fourth-order valence-corrected chi connectivity index (χ4v) is 3.52. The van der Waals surface area contributed by atoms with Gasteiger partial charge in [0.15, 0.2) is 0 Å². The van der Waals surface area contributed by atoms with E-state index >= 15 is 0 Å². The third-order valence-electron chi connectivity index (χ3n) is 4.97. The van der Waals surface area contributed by atoms with E-state index < -0.39 is 35.6 Å². The van der Waals surface area contributed by atoms with Crippen LogP contribution < -0.4 is 10.1 Å². The number of rotatable bonds is 9. The average molecular weight is 402 g/mol. The Morgan fingerprint density at radius 3 is 2.59 bits per heavy atom. The number of amides is 4. The van der Waals surface area contributed by atoms with E-state index in [1.807, 2.05) is 0 Å². The number of carboxylic acid groups (broad SMARTS) is 1. The van der Waals surface area contributed by atoms with Crippen molar-refractivity contribution in [1.82, 2.24) is 10.2 Å². The highest BCUT2D eigenvalue weighted by molar-refractivity contribution is 6.24. The number of ether oxygens (including phenoxy) is 1. The lowest BCUT2D eigenvalue weighted by Gasteiger charge is -2.27. The Hall–Kier alpha value is -3.23. The minimum absolute atomic E-state index is 0.0645. The third kappa shape index (κ3) is 4.44. The van der Waals surface area contributed by atoms with Crippen molar-refractivity contribution in [3.8, 4) is 5.75 Å². The standard InChI is InChI=1S/C20H22N2O7/c23-15-10-9-13(18(26)21-15)22-19(27)12-6-5-7-14(17(12)20(22)28)29-11-4-2-1-3-8-16(24)25/h5-7,13H,1-4,8-11H2,(H,24,25)(H,21,23,26). The normalized spacial score (nSPS) is 18.6. The quantitative estimate of drug-likeness (QED) is 0.473. The van der Waals surface area contributed by atoms with E-state index in [0.717, 1.165) is 17.7 Å². The molecular formula is C20H22N2O7. The molecular weight excluding hydrogens is 380 g/mol. The number of aliphatic carboxylic acids is 1. The first-order valence-electron chi connectivity index (χ1n) is 9.59. The van der Waals surface area contributed by atoms with E-state index in [9.17, 15) is 24.0 Å². The second-order valence-electron chi connectivity index (χ2n) is 7.03. The van der Waals surface area contributed by atoms with Gasteiger partial charge in [0.05, 0.1) is 17.7 Å². The van der Waals surface area contributed by atoms with Crippen LogP contribution in [-0.2, 0) is 14.4 Å². The average Bonchev–Trinajstić information content (AvgIpc) is 2.92. The molecule has 2 aliphatic rings. The van der Waals surface area contributed by atoms with Gasteiger partial charge in [0, 0.05) is 12.8 Å². The summed E-state index contributed by atoms with van der Waals surface area (Å²) in [5.41, 5.74) is 0.312. The lowest BCUT2D eigenvalue weighted by molar-refractivity contribution is -0.138. The highest BCUT2D eigenvalue weighted by Gasteiger charge is 2.45. The first kappa shape index (κ1) is 20.5. The number of unbranched alkanes of at least 4 members (excludes halogenated alkanes) is 3. The van der Waals surface area contributed by atoms with Crippen molar-refractivity contribution in [3.63, 3.8) is 0 Å². The number of carbonyl (C=O) groups is 5. The molecule has 1 aromatic carbocycles. The molecule has 1 aromatic rings. The van der Waals surface area contributed by atoms with Crippen LogP contribution in [0.25, 0.3) is 0 Å². The van der Waals surface area contributed by atoms with Gasteiger partial charge >= 0.3 is 5.97 Å². The van der Waals surface area contributed by atoms with Crippen LogP contribution in [0.2, 0.25) is 0 Å². The summed E-state index contributed by atoms with van der Waals surface area (Å²) in [6.07, 6.45) is 3.14. The first-order valence-corrected chi connectivity index (χ1v) is 9.59. The van der Waals surface area contributed by atoms with Gasteiger partial charge in [-0.2, -0.15) is 0 Å². The Kier molecular flexibility index (Phi) is 6.26. The maximum Gasteiger partial charge on any atom is 0.303 e. The van der Waals surface area contributed by atoms with Crippen LogP contribution >= 0.6 is 0 Å². The number of nitrogens with one attached hydrogen (secondary N) is 1. The Labute approximate surface area is 167 Å². The topological polar surface area (TPSA) is 130 Å². The molecule has 4 amide bonds. The number of imide groups is 2. The molecule has 0 spiro atoms. The zero-order chi connectivity index (χ0) is 21.0. The van der Waals surface area contributed by atoms with Crippen LogP contribution in [0.4, 0.5) is 0 Å². The molecule has 9 heteroatoms. The molecule has 2 aliphatic heterocycles. The van der Waals surface area contributed by atoms with Crippen molar-refractivity contribution in [2.45, 2.75) is 51.0 Å². The van der Waals surface area contributed by atoms with Crippen LogP contribution in [-0.4, -0.2) is 52.3 Å². The summed E-state index contributed by atoms with van der Waals surface area (Å²) in [4.78, 5) is 60.5. The second-order valence-corrected chi connectivity index (χ2v) is 7.03. The molecule has 2 heterocycles. The Morgan fingerprint density at radius 2 is 1.86 bits per heavy atom. The van der Waals surface area contributed by atoms with Gasteiger partial charge in [-0.1, -0.05) is 18.9 Å². The molecule has 2 N–H and O–H groups in total. The van der Waals surface area contributed by atoms with Crippen molar-refractivity contribution in [3.05, 3.63) is 29.3 Å². The van der Waals surface area contributed by atoms with Gasteiger partial charge in [-0.3, -0.25) is 34.2 Å². The zero-order valence-electron chi connectivity index (χ0n) is 15.8. The monoisotopic (exact) mass is 402 g/mol. The minimum Gasteiger partial charge on any atom is -0.493 e. The largest absolute Gasteiger partial charge is 0.493 e. The highest BCUT2D eigenvalue weighted by atomic mass is 16.5. The fraction of sp³-hybridized carbons (Fsp3) is 0.450. The number of piperidine rings is 1. The fourth-order valence-electron chi connectivity index (χ4n) is 3.52. The summed E-state index contributed by atoms with van der Waals surface area (Å²) in [6, 6.07) is 3.71. The molecule has 3 rings (SSSR count). The SMILES string of the molecule is O=C(O)CCCCCCOc1cccc2c1C(=O)N(C1CCC(=O)NC1=O)C2=O. The Bertz CT molecular complexity index is 864. The first-order chi connectivity index (χ1) is 13.9. The van der Waals surface area contributed by atoms with Gasteiger partial charge in [-0.05, 0) is 31.4 Å². The highest BCUT2D eigenvalue weighted by Crippen LogP contribution is 2.33. The summed E-state index contributed by atoms with van der Waals surface area (Å²) in [6.45, 7) is 0.323. The van der Waals surface area contributed by atoms with E-state index in [1.165, 1.54) is 6.07 Å². The van der Waals surface area contributed by atoms with Crippen LogP contribution in [0.3, 0.4) is 0 Å². The van der Waals surface area contributed by atoms with Crippen molar-refractivity contribution in [1.29, 1.82) is 0 Å². The van der Waals surface area contributed by atoms with Gasteiger partial charge in [0.1, 0.15) is 11.8 Å². The van der Waals surface area contributed by atoms with Crippen molar-refractivity contribution >= 4 is 29.6 Å².